The lowest BCUT2D eigenvalue weighted by Crippen LogP contribution is -2.34. The summed E-state index contributed by atoms with van der Waals surface area (Å²) < 4.78 is 0.891. The predicted octanol–water partition coefficient (Wildman–Crippen LogP) is 5.46. The van der Waals surface area contributed by atoms with Gasteiger partial charge < -0.3 is 5.73 Å². The zero-order valence-electron chi connectivity index (χ0n) is 22.0. The number of benzene rings is 3. The summed E-state index contributed by atoms with van der Waals surface area (Å²) in [5, 5.41) is 7.10. The lowest BCUT2D eigenvalue weighted by atomic mass is 9.87. The van der Waals surface area contributed by atoms with E-state index in [9.17, 15) is 9.59 Å². The van der Waals surface area contributed by atoms with Crippen LogP contribution in [0.4, 0.5) is 15.6 Å². The minimum Gasteiger partial charge on any atom is -0.363 e. The molecule has 0 radical (unpaired) electrons. The second kappa shape index (κ2) is 11.3. The van der Waals surface area contributed by atoms with Gasteiger partial charge in [0, 0.05) is 16.4 Å². The molecule has 0 aliphatic carbocycles. The van der Waals surface area contributed by atoms with E-state index in [0.29, 0.717) is 26.9 Å². The average molecular weight is 563 g/mol. The number of nitrogens with zero attached hydrogens (tertiary/aromatic N) is 4. The highest BCUT2D eigenvalue weighted by atomic mass is 35.5. The van der Waals surface area contributed by atoms with Gasteiger partial charge in [0.2, 0.25) is 0 Å². The molecule has 200 valence electrons. The normalized spacial score (nSPS) is 11.9. The number of fused-ring (bicyclic) bond motifs is 1. The number of amides is 3. The molecule has 1 heterocycles. The molecule has 0 atom stereocenters. The van der Waals surface area contributed by atoms with Crippen molar-refractivity contribution in [3.8, 4) is 0 Å². The van der Waals surface area contributed by atoms with Crippen LogP contribution in [0.15, 0.2) is 70.8 Å². The van der Waals surface area contributed by atoms with Crippen molar-refractivity contribution in [2.45, 2.75) is 39.7 Å². The fourth-order valence-corrected chi connectivity index (χ4v) is 5.24. The second-order valence-corrected chi connectivity index (χ2v) is 11.5. The third-order valence-electron chi connectivity index (χ3n) is 5.99. The van der Waals surface area contributed by atoms with E-state index in [1.807, 2.05) is 43.3 Å². The van der Waals surface area contributed by atoms with E-state index in [0.717, 1.165) is 21.4 Å². The number of halogens is 1. The second-order valence-electron chi connectivity index (χ2n) is 10.0. The highest BCUT2D eigenvalue weighted by Crippen LogP contribution is 2.33. The van der Waals surface area contributed by atoms with Crippen LogP contribution < -0.4 is 21.5 Å². The number of hydrogen-bond donors (Lipinski definition) is 3. The number of nitrogens with one attached hydrogen (secondary N) is 1. The van der Waals surface area contributed by atoms with Crippen LogP contribution in [-0.4, -0.2) is 22.9 Å². The van der Waals surface area contributed by atoms with Gasteiger partial charge in [-0.25, -0.2) is 9.78 Å². The number of guanidine groups is 1. The summed E-state index contributed by atoms with van der Waals surface area (Å²) >= 11 is 7.73. The van der Waals surface area contributed by atoms with Gasteiger partial charge in [0.25, 0.3) is 11.9 Å². The number of thiazole rings is 1. The summed E-state index contributed by atoms with van der Waals surface area (Å²) in [6, 6.07) is 18.1. The molecule has 0 saturated carbocycles. The molecular formula is C28H29ClN7O2S+. The van der Waals surface area contributed by atoms with Gasteiger partial charge >= 0.3 is 6.03 Å². The molecular weight excluding hydrogens is 534 g/mol. The molecule has 5 N–H and O–H groups in total. The Morgan fingerprint density at radius 2 is 1.77 bits per heavy atom. The van der Waals surface area contributed by atoms with Crippen LogP contribution in [0.5, 0.6) is 0 Å². The molecule has 9 nitrogen and oxygen atoms in total. The van der Waals surface area contributed by atoms with Gasteiger partial charge in [-0.1, -0.05) is 68.0 Å². The number of aryl methyl sites for hydroxylation is 1. The molecule has 11 heteroatoms. The van der Waals surface area contributed by atoms with Crippen molar-refractivity contribution in [3.63, 3.8) is 0 Å². The van der Waals surface area contributed by atoms with E-state index < -0.39 is 5.91 Å². The van der Waals surface area contributed by atoms with Crippen LogP contribution in [0.3, 0.4) is 0 Å². The SMILES string of the molecule is Cc1cc(Cl)c2nc(NC(=O)N(Cc3ccc(C(=O)N=C(N)N=[NH2+])cc3)c3ccc(C(C)(C)C)cc3)sc2c1. The molecule has 3 aromatic carbocycles. The summed E-state index contributed by atoms with van der Waals surface area (Å²) in [7, 11) is 0. The monoisotopic (exact) mass is 562 g/mol. The Balaban J connectivity index is 1.63. The lowest BCUT2D eigenvalue weighted by Gasteiger charge is -2.25. The number of urea groups is 1. The van der Waals surface area contributed by atoms with Crippen molar-refractivity contribution >= 4 is 61.9 Å². The minimum absolute atomic E-state index is 0.0323. The first kappa shape index (κ1) is 27.9. The van der Waals surface area contributed by atoms with Crippen LogP contribution >= 0.6 is 22.9 Å². The van der Waals surface area contributed by atoms with E-state index in [2.05, 4.69) is 41.2 Å². The number of hydrogen-bond acceptors (Lipinski definition) is 4. The fourth-order valence-electron chi connectivity index (χ4n) is 3.88. The molecule has 0 aliphatic heterocycles. The van der Waals surface area contributed by atoms with Gasteiger partial charge in [-0.3, -0.25) is 15.0 Å². The molecule has 39 heavy (non-hydrogen) atoms. The van der Waals surface area contributed by atoms with Crippen molar-refractivity contribution in [1.82, 2.24) is 4.98 Å². The Morgan fingerprint density at radius 3 is 2.38 bits per heavy atom. The molecule has 1 aromatic heterocycles. The van der Waals surface area contributed by atoms with Crippen molar-refractivity contribution in [1.29, 1.82) is 0 Å². The first-order chi connectivity index (χ1) is 18.4. The molecule has 0 aliphatic rings. The Morgan fingerprint density at radius 1 is 1.10 bits per heavy atom. The van der Waals surface area contributed by atoms with E-state index in [4.69, 9.17) is 22.9 Å². The summed E-state index contributed by atoms with van der Waals surface area (Å²) in [5.74, 6) is -0.873. The number of rotatable bonds is 5. The molecule has 0 saturated heterocycles. The molecule has 4 aromatic rings. The van der Waals surface area contributed by atoms with Gasteiger partial charge in [-0.2, -0.15) is 4.99 Å². The maximum atomic E-state index is 13.6. The number of nitrogens with two attached hydrogens (primary N) is 2. The van der Waals surface area contributed by atoms with Gasteiger partial charge in [0.1, 0.15) is 5.52 Å². The van der Waals surface area contributed by atoms with Gasteiger partial charge in [-0.05, 0) is 65.4 Å². The first-order valence-corrected chi connectivity index (χ1v) is 13.3. The molecule has 0 fully saturated rings. The molecule has 3 amide bonds. The number of carbonyl (C=O) groups is 2. The standard InChI is InChI=1S/C28H28ClN7O2S/c1-16-13-21(29)23-22(14-16)39-26(32-23)34-27(38)36(20-11-9-19(10-12-20)28(2,3)4)15-17-5-7-18(8-6-17)24(37)33-25(30)35-31/h5-14,31H,15H2,1-4H3,(H2,30,33,37)(H,32,34,38)/p+1. The third kappa shape index (κ3) is 6.65. The summed E-state index contributed by atoms with van der Waals surface area (Å²) in [6.45, 7) is 8.60. The van der Waals surface area contributed by atoms with Crippen molar-refractivity contribution < 1.29 is 15.1 Å². The quantitative estimate of drug-likeness (QED) is 0.169. The van der Waals surface area contributed by atoms with E-state index in [1.165, 1.54) is 11.3 Å². The van der Waals surface area contributed by atoms with Crippen molar-refractivity contribution in [2.24, 2.45) is 15.8 Å². The zero-order chi connectivity index (χ0) is 28.3. The Kier molecular flexibility index (Phi) is 8.08. The van der Waals surface area contributed by atoms with Gasteiger partial charge in [0.15, 0.2) is 5.13 Å². The highest BCUT2D eigenvalue weighted by Gasteiger charge is 2.21. The van der Waals surface area contributed by atoms with Crippen LogP contribution in [0.25, 0.3) is 10.2 Å². The number of aliphatic imine (C=N–C) groups is 1. The molecule has 0 bridgehead atoms. The maximum Gasteiger partial charge on any atom is 0.328 e. The van der Waals surface area contributed by atoms with Crippen LogP contribution in [-0.2, 0) is 12.0 Å². The predicted molar refractivity (Wildman–Crippen MR) is 156 cm³/mol. The molecule has 0 spiro atoms. The highest BCUT2D eigenvalue weighted by molar-refractivity contribution is 7.22. The van der Waals surface area contributed by atoms with Crippen LogP contribution in [0, 0.1) is 6.92 Å². The Bertz CT molecular complexity index is 1570. The van der Waals surface area contributed by atoms with E-state index in [-0.39, 0.29) is 24.0 Å². The van der Waals surface area contributed by atoms with E-state index >= 15 is 0 Å². The third-order valence-corrected chi connectivity index (χ3v) is 7.19. The summed E-state index contributed by atoms with van der Waals surface area (Å²) in [6.07, 6.45) is 0. The number of aromatic nitrogens is 1. The van der Waals surface area contributed by atoms with Crippen molar-refractivity contribution in [2.75, 3.05) is 10.2 Å². The first-order valence-electron chi connectivity index (χ1n) is 12.1. The largest absolute Gasteiger partial charge is 0.363 e. The maximum absolute atomic E-state index is 13.6. The summed E-state index contributed by atoms with van der Waals surface area (Å²) in [4.78, 5) is 35.6. The van der Waals surface area contributed by atoms with E-state index in [1.54, 1.807) is 29.2 Å². The fraction of sp³-hybridized carbons (Fsp3) is 0.214. The average Bonchev–Trinajstić information content (AvgIpc) is 3.29. The van der Waals surface area contributed by atoms with Crippen molar-refractivity contribution in [3.05, 3.63) is 87.9 Å². The Labute approximate surface area is 235 Å². The van der Waals surface area contributed by atoms with Crippen LogP contribution in [0.1, 0.15) is 47.8 Å². The Hall–Kier alpha value is -4.15. The smallest absolute Gasteiger partial charge is 0.328 e. The van der Waals surface area contributed by atoms with Crippen LogP contribution in [0.2, 0.25) is 5.02 Å². The number of carbonyl (C=O) groups excluding carboxylic acids is 2. The van der Waals surface area contributed by atoms with Gasteiger partial charge in [0.05, 0.1) is 16.3 Å². The summed E-state index contributed by atoms with van der Waals surface area (Å²) in [5.41, 5.74) is 15.1. The molecule has 4 rings (SSSR count). The lowest BCUT2D eigenvalue weighted by molar-refractivity contribution is -0.207. The van der Waals surface area contributed by atoms with Gasteiger partial charge in [-0.15, -0.1) is 5.53 Å². The molecule has 0 unspecified atom stereocenters. The minimum atomic E-state index is -0.564. The number of anilines is 2. The topological polar surface area (TPSA) is 139 Å². The zero-order valence-corrected chi connectivity index (χ0v) is 23.6.